The van der Waals surface area contributed by atoms with E-state index >= 15 is 0 Å². The molecule has 0 radical (unpaired) electrons. The molecular formula is C58H73N15O10. The summed E-state index contributed by atoms with van der Waals surface area (Å²) < 4.78 is 0. The second-order valence-electron chi connectivity index (χ2n) is 21.0. The van der Waals surface area contributed by atoms with Crippen LogP contribution in [0.4, 0.5) is 0 Å². The highest BCUT2D eigenvalue weighted by Crippen LogP contribution is 2.22. The van der Waals surface area contributed by atoms with E-state index in [9.17, 15) is 48.3 Å². The van der Waals surface area contributed by atoms with Gasteiger partial charge in [-0.2, -0.15) is 0 Å². The van der Waals surface area contributed by atoms with Gasteiger partial charge in [-0.05, 0) is 80.3 Å². The number of amides is 8. The maximum absolute atomic E-state index is 14.4. The number of aromatic amines is 3. The van der Waals surface area contributed by atoms with Crippen LogP contribution >= 0.6 is 0 Å². The number of nitrogens with zero attached hydrogens (tertiary/aromatic N) is 3. The lowest BCUT2D eigenvalue weighted by atomic mass is 10.0. The van der Waals surface area contributed by atoms with Gasteiger partial charge in [-0.1, -0.05) is 74.5 Å². The second kappa shape index (κ2) is 29.5. The molecule has 8 atom stereocenters. The molecule has 4 heterocycles. The minimum atomic E-state index is -1.29. The van der Waals surface area contributed by atoms with E-state index in [1.165, 1.54) is 55.9 Å². The summed E-state index contributed by atoms with van der Waals surface area (Å²) >= 11 is 0. The largest absolute Gasteiger partial charge is 0.508 e. The number of fused-ring (bicyclic) bond motifs is 1. The minimum absolute atomic E-state index is 0.00292. The molecule has 6 aromatic rings. The lowest BCUT2D eigenvalue weighted by Crippen LogP contribution is -2.60. The number of nitrogens with one attached hydrogen (secondary N) is 11. The number of aryl methyl sites for hydroxylation is 1. The molecule has 25 nitrogen and oxygen atoms in total. The van der Waals surface area contributed by atoms with Crippen molar-refractivity contribution < 1.29 is 48.3 Å². The van der Waals surface area contributed by atoms with Gasteiger partial charge in [-0.3, -0.25) is 43.2 Å². The number of aromatic hydroxyl groups is 1. The van der Waals surface area contributed by atoms with Gasteiger partial charge in [-0.25, -0.2) is 20.8 Å². The molecule has 0 spiro atoms. The van der Waals surface area contributed by atoms with Crippen LogP contribution in [0.15, 0.2) is 110 Å². The number of benzene rings is 3. The number of primary amides is 1. The Morgan fingerprint density at radius 2 is 1.24 bits per heavy atom. The third kappa shape index (κ3) is 17.6. The van der Waals surface area contributed by atoms with E-state index in [1.807, 2.05) is 54.6 Å². The molecule has 0 aliphatic carbocycles. The minimum Gasteiger partial charge on any atom is -0.508 e. The zero-order valence-electron chi connectivity index (χ0n) is 46.7. The van der Waals surface area contributed by atoms with Gasteiger partial charge in [0.15, 0.2) is 5.78 Å². The molecule has 1 aliphatic rings. The van der Waals surface area contributed by atoms with Crippen molar-refractivity contribution >= 4 is 63.9 Å². The smallest absolute Gasteiger partial charge is 0.246 e. The number of hydrogen-bond donors (Lipinski definition) is 13. The second-order valence-corrected chi connectivity index (χ2v) is 21.0. The van der Waals surface area contributed by atoms with Crippen molar-refractivity contribution in [2.75, 3.05) is 13.1 Å². The number of H-pyrrole nitrogens is 3. The number of ketones is 1. The predicted molar refractivity (Wildman–Crippen MR) is 305 cm³/mol. The SMILES string of the molecule is CC(C)[C@H](NC(=O)[C@H](C)NC(=O)[C@H](Cc1c[nH]c2ccccc12)NC(=O)[C@H](Cc1cnc[nH]1)NC(=O)CCc1ccc(O)cc1)C(=O)N[C@H](C)C(=O)N[C@@H](Cc1cnc[nH]1)C(=O)N1CCC[C@@H]1C(=O)CNN[C@@H](Cc1ccccc1)C(N)=O. The van der Waals surface area contributed by atoms with E-state index in [0.717, 1.165) is 22.0 Å². The van der Waals surface area contributed by atoms with E-state index in [2.05, 4.69) is 67.7 Å². The van der Waals surface area contributed by atoms with Gasteiger partial charge in [-0.15, -0.1) is 0 Å². The first kappa shape index (κ1) is 61.4. The molecule has 1 saturated heterocycles. The lowest BCUT2D eigenvalue weighted by molar-refractivity contribution is -0.141. The molecule has 1 fully saturated rings. The number of Topliss-reactive ketones (excluding diaryl/α,β-unsaturated/α-hetero) is 1. The highest BCUT2D eigenvalue weighted by atomic mass is 16.3. The van der Waals surface area contributed by atoms with Gasteiger partial charge in [0.2, 0.25) is 47.3 Å². The van der Waals surface area contributed by atoms with Gasteiger partial charge >= 0.3 is 0 Å². The van der Waals surface area contributed by atoms with Crippen molar-refractivity contribution in [3.63, 3.8) is 0 Å². The van der Waals surface area contributed by atoms with Crippen LogP contribution in [0.2, 0.25) is 0 Å². The fourth-order valence-corrected chi connectivity index (χ4v) is 9.71. The van der Waals surface area contributed by atoms with E-state index < -0.39 is 102 Å². The number of carbonyl (C=O) groups excluding carboxylic acids is 9. The summed E-state index contributed by atoms with van der Waals surface area (Å²) in [6.45, 7) is 6.17. The van der Waals surface area contributed by atoms with Crippen molar-refractivity contribution in [1.82, 2.24) is 72.6 Å². The number of hydrogen-bond acceptors (Lipinski definition) is 14. The topological polar surface area (TPSA) is 373 Å². The molecule has 8 amide bonds. The van der Waals surface area contributed by atoms with Gasteiger partial charge in [0.05, 0.1) is 25.2 Å². The van der Waals surface area contributed by atoms with Crippen LogP contribution in [-0.4, -0.2) is 149 Å². The quantitative estimate of drug-likeness (QED) is 0.0271. The van der Waals surface area contributed by atoms with E-state index in [0.29, 0.717) is 36.2 Å². The summed E-state index contributed by atoms with van der Waals surface area (Å²) in [4.78, 5) is 143. The van der Waals surface area contributed by atoms with E-state index in [1.54, 1.807) is 32.2 Å². The van der Waals surface area contributed by atoms with E-state index in [-0.39, 0.29) is 56.7 Å². The zero-order chi connectivity index (χ0) is 59.6. The summed E-state index contributed by atoms with van der Waals surface area (Å²) in [6, 6.07) is 13.9. The van der Waals surface area contributed by atoms with Crippen LogP contribution in [0.5, 0.6) is 5.75 Å². The van der Waals surface area contributed by atoms with Crippen LogP contribution in [0.25, 0.3) is 10.9 Å². The van der Waals surface area contributed by atoms with Crippen molar-refractivity contribution in [2.45, 2.75) is 127 Å². The number of aromatic nitrogens is 5. The average Bonchev–Trinajstić information content (AvgIpc) is 4.53. The number of hydrazine groups is 1. The first-order chi connectivity index (χ1) is 39.8. The fourth-order valence-electron chi connectivity index (χ4n) is 9.71. The van der Waals surface area contributed by atoms with Crippen LogP contribution in [-0.2, 0) is 75.3 Å². The zero-order valence-corrected chi connectivity index (χ0v) is 46.7. The Morgan fingerprint density at radius 3 is 1.89 bits per heavy atom. The third-order valence-corrected chi connectivity index (χ3v) is 14.4. The highest BCUT2D eigenvalue weighted by molar-refractivity contribution is 5.98. The average molecular weight is 1140 g/mol. The molecule has 25 heteroatoms. The van der Waals surface area contributed by atoms with Crippen molar-refractivity contribution in [1.29, 1.82) is 0 Å². The molecule has 3 aromatic heterocycles. The standard InChI is InChI=1S/C58H73N15O10/c1-33(2)51(57(82)67-34(3)53(78)70-47(26-40-29-61-32-64-40)58(83)73-22-10-15-48(73)49(75)30-65-72-44(52(59)77)23-37-11-6-5-7-12-37)71-54(79)35(4)66-55(80)45(24-38-27-62-43-14-9-8-13-42(38)43)69-56(81)46(25-39-28-60-31-63-39)68-50(76)21-18-36-16-19-41(74)20-17-36/h5-9,11-14,16-17,19-20,27-29,31-35,44-48,51,62,65,72,74H,10,15,18,21-26,30H2,1-4H3,(H2,59,77)(H,60,63)(H,61,64)(H,66,80)(H,67,82)(H,68,76)(H,69,81)(H,70,78)(H,71,79)/t34-,35+,44+,45+,46+,47+,48-,51+/m1/s1. The summed E-state index contributed by atoms with van der Waals surface area (Å²) in [5, 5.41) is 26.8. The molecule has 0 unspecified atom stereocenters. The molecule has 3 aromatic carbocycles. The summed E-state index contributed by atoms with van der Waals surface area (Å²) in [5.41, 5.74) is 15.4. The van der Waals surface area contributed by atoms with Crippen molar-refractivity contribution in [2.24, 2.45) is 11.7 Å². The van der Waals surface area contributed by atoms with Gasteiger partial charge in [0.1, 0.15) is 48.0 Å². The summed E-state index contributed by atoms with van der Waals surface area (Å²) in [6.07, 6.45) is 8.99. The van der Waals surface area contributed by atoms with Gasteiger partial charge in [0, 0.05) is 73.1 Å². The number of imidazole rings is 2. The molecule has 7 rings (SSSR count). The van der Waals surface area contributed by atoms with Gasteiger partial charge < -0.3 is 62.6 Å². The van der Waals surface area contributed by atoms with Crippen LogP contribution < -0.4 is 48.5 Å². The Labute approximate surface area is 479 Å². The molecule has 1 aliphatic heterocycles. The highest BCUT2D eigenvalue weighted by Gasteiger charge is 2.39. The number of rotatable bonds is 30. The van der Waals surface area contributed by atoms with Crippen LogP contribution in [0, 0.1) is 5.92 Å². The molecule has 83 heavy (non-hydrogen) atoms. The third-order valence-electron chi connectivity index (χ3n) is 14.4. The van der Waals surface area contributed by atoms with Crippen molar-refractivity contribution in [3.8, 4) is 5.75 Å². The number of likely N-dealkylation sites (tertiary alicyclic amines) is 1. The number of carbonyl (C=O) groups is 9. The molecule has 0 saturated carbocycles. The number of nitrogens with two attached hydrogens (primary N) is 1. The van der Waals surface area contributed by atoms with Crippen molar-refractivity contribution in [3.05, 3.63) is 138 Å². The first-order valence-corrected chi connectivity index (χ1v) is 27.6. The maximum Gasteiger partial charge on any atom is 0.246 e. The van der Waals surface area contributed by atoms with Gasteiger partial charge in [0.25, 0.3) is 0 Å². The molecule has 14 N–H and O–H groups in total. The maximum atomic E-state index is 14.4. The molecular weight excluding hydrogens is 1070 g/mol. The fraction of sp³-hybridized carbons (Fsp3) is 0.397. The normalized spacial score (nSPS) is 15.7. The first-order valence-electron chi connectivity index (χ1n) is 27.6. The summed E-state index contributed by atoms with van der Waals surface area (Å²) in [7, 11) is 0. The number of phenolic OH excluding ortho intramolecular Hbond substituents is 1. The Kier molecular flexibility index (Phi) is 21.8. The molecule has 440 valence electrons. The summed E-state index contributed by atoms with van der Waals surface area (Å²) in [5.74, 6) is -6.07. The predicted octanol–water partition coefficient (Wildman–Crippen LogP) is 0.336. The Hall–Kier alpha value is -9.23. The van der Waals surface area contributed by atoms with Crippen LogP contribution in [0.1, 0.15) is 75.0 Å². The lowest BCUT2D eigenvalue weighted by Gasteiger charge is -2.30. The van der Waals surface area contributed by atoms with E-state index in [4.69, 9.17) is 5.73 Å². The van der Waals surface area contributed by atoms with Crippen LogP contribution in [0.3, 0.4) is 0 Å². The Balaban J connectivity index is 0.971. The molecule has 0 bridgehead atoms. The number of phenols is 1. The monoisotopic (exact) mass is 1140 g/mol. The number of para-hydroxylation sites is 1. The Bertz CT molecular complexity index is 3170. The Morgan fingerprint density at radius 1 is 0.639 bits per heavy atom.